The number of sulfonamides is 1. The summed E-state index contributed by atoms with van der Waals surface area (Å²) in [4.78, 5) is 4.84. The smallest absolute Gasteiger partial charge is 0.278 e. The fourth-order valence-corrected chi connectivity index (χ4v) is 4.37. The Labute approximate surface area is 126 Å². The molecule has 0 fully saturated rings. The van der Waals surface area contributed by atoms with Crippen LogP contribution in [-0.4, -0.2) is 23.0 Å². The lowest BCUT2D eigenvalue weighted by Crippen LogP contribution is -2.17. The Bertz CT molecular complexity index is 925. The van der Waals surface area contributed by atoms with Crippen LogP contribution in [0.5, 0.6) is 0 Å². The van der Waals surface area contributed by atoms with Crippen LogP contribution in [0.4, 0.5) is 5.69 Å². The van der Waals surface area contributed by atoms with Gasteiger partial charge < -0.3 is 0 Å². The molecule has 0 saturated carbocycles. The van der Waals surface area contributed by atoms with E-state index in [4.69, 9.17) is 0 Å². The van der Waals surface area contributed by atoms with Crippen molar-refractivity contribution in [3.05, 3.63) is 40.5 Å². The Morgan fingerprint density at radius 3 is 2.62 bits per heavy atom. The second-order valence-corrected chi connectivity index (χ2v) is 7.50. The highest BCUT2D eigenvalue weighted by molar-refractivity contribution is 7.92. The molecule has 0 saturated heterocycles. The Morgan fingerprint density at radius 2 is 1.90 bits per heavy atom. The van der Waals surface area contributed by atoms with Gasteiger partial charge in [0.05, 0.1) is 11.4 Å². The van der Waals surface area contributed by atoms with E-state index in [2.05, 4.69) is 14.8 Å². The summed E-state index contributed by atoms with van der Waals surface area (Å²) in [5.41, 5.74) is 1.85. The number of aromatic nitrogens is 3. The molecule has 1 N–H and O–H groups in total. The van der Waals surface area contributed by atoms with Crippen LogP contribution in [0.1, 0.15) is 16.3 Å². The Hall–Kier alpha value is -1.93. The molecule has 1 aromatic carbocycles. The molecule has 0 aliphatic rings. The van der Waals surface area contributed by atoms with Crippen molar-refractivity contribution < 1.29 is 8.42 Å². The number of fused-ring (bicyclic) bond motifs is 1. The summed E-state index contributed by atoms with van der Waals surface area (Å²) in [6, 6.07) is 7.23. The molecule has 0 aliphatic carbocycles. The monoisotopic (exact) mass is 322 g/mol. The Kier molecular flexibility index (Phi) is 3.22. The highest BCUT2D eigenvalue weighted by Gasteiger charge is 2.25. The fraction of sp³-hybridized carbons (Fsp3) is 0.231. The van der Waals surface area contributed by atoms with Gasteiger partial charge in [-0.05, 0) is 32.4 Å². The molecule has 2 heterocycles. The molecule has 0 spiro atoms. The third-order valence-electron chi connectivity index (χ3n) is 3.07. The summed E-state index contributed by atoms with van der Waals surface area (Å²) in [6.07, 6.45) is 0. The molecule has 0 atom stereocenters. The molecule has 0 amide bonds. The minimum absolute atomic E-state index is 0.0881. The molecule has 0 aliphatic heterocycles. The summed E-state index contributed by atoms with van der Waals surface area (Å²) >= 11 is 1.36. The summed E-state index contributed by atoms with van der Waals surface area (Å²) in [6.45, 7) is 5.34. The minimum Gasteiger partial charge on any atom is -0.278 e. The summed E-state index contributed by atoms with van der Waals surface area (Å²) in [5.74, 6) is 0. The van der Waals surface area contributed by atoms with Gasteiger partial charge in [-0.3, -0.25) is 4.72 Å². The van der Waals surface area contributed by atoms with Gasteiger partial charge in [0, 0.05) is 0 Å². The van der Waals surface area contributed by atoms with E-state index < -0.39 is 10.0 Å². The quantitative estimate of drug-likeness (QED) is 0.804. The van der Waals surface area contributed by atoms with Crippen LogP contribution >= 0.6 is 11.3 Å². The average Bonchev–Trinajstić information content (AvgIpc) is 2.86. The van der Waals surface area contributed by atoms with Crippen molar-refractivity contribution in [1.82, 2.24) is 14.6 Å². The SMILES string of the molecule is Cc1nn2c(S(=O)(=O)Nc3ccccc3C)c(C)nc2s1. The van der Waals surface area contributed by atoms with Crippen molar-refractivity contribution in [2.45, 2.75) is 25.8 Å². The molecular formula is C13H14N4O2S2. The van der Waals surface area contributed by atoms with Crippen LogP contribution in [0.15, 0.2) is 29.3 Å². The zero-order valence-electron chi connectivity index (χ0n) is 11.8. The molecule has 2 aromatic heterocycles. The number of imidazole rings is 1. The Balaban J connectivity index is 2.12. The third kappa shape index (κ3) is 2.40. The first-order valence-electron chi connectivity index (χ1n) is 6.30. The molecule has 0 unspecified atom stereocenters. The second-order valence-electron chi connectivity index (χ2n) is 4.74. The van der Waals surface area contributed by atoms with Gasteiger partial charge in [-0.15, -0.1) is 0 Å². The fourth-order valence-electron chi connectivity index (χ4n) is 2.12. The van der Waals surface area contributed by atoms with E-state index in [0.29, 0.717) is 16.3 Å². The number of nitrogens with zero attached hydrogens (tertiary/aromatic N) is 3. The highest BCUT2D eigenvalue weighted by Crippen LogP contribution is 2.24. The molecular weight excluding hydrogens is 308 g/mol. The molecule has 8 heteroatoms. The van der Waals surface area contributed by atoms with Crippen molar-refractivity contribution in [2.75, 3.05) is 4.72 Å². The second kappa shape index (κ2) is 4.81. The average molecular weight is 322 g/mol. The van der Waals surface area contributed by atoms with Gasteiger partial charge in [-0.25, -0.2) is 4.98 Å². The van der Waals surface area contributed by atoms with Crippen LogP contribution in [-0.2, 0) is 10.0 Å². The van der Waals surface area contributed by atoms with Gasteiger partial charge in [-0.2, -0.15) is 18.0 Å². The maximum Gasteiger partial charge on any atom is 0.281 e. The van der Waals surface area contributed by atoms with Crippen molar-refractivity contribution >= 4 is 32.0 Å². The molecule has 3 aromatic rings. The van der Waals surface area contributed by atoms with Gasteiger partial charge in [0.1, 0.15) is 5.01 Å². The first-order chi connectivity index (χ1) is 9.88. The number of hydrogen-bond donors (Lipinski definition) is 1. The van der Waals surface area contributed by atoms with Gasteiger partial charge >= 0.3 is 0 Å². The van der Waals surface area contributed by atoms with Crippen LogP contribution in [0.3, 0.4) is 0 Å². The lowest BCUT2D eigenvalue weighted by atomic mass is 10.2. The van der Waals surface area contributed by atoms with E-state index in [1.165, 1.54) is 15.9 Å². The van der Waals surface area contributed by atoms with Crippen LogP contribution in [0, 0.1) is 20.8 Å². The molecule has 3 rings (SSSR count). The summed E-state index contributed by atoms with van der Waals surface area (Å²) < 4.78 is 29.3. The topological polar surface area (TPSA) is 76.4 Å². The number of aryl methyl sites for hydroxylation is 3. The maximum atomic E-state index is 12.7. The van der Waals surface area contributed by atoms with E-state index in [0.717, 1.165) is 10.6 Å². The van der Waals surface area contributed by atoms with Crippen molar-refractivity contribution in [1.29, 1.82) is 0 Å². The van der Waals surface area contributed by atoms with Gasteiger partial charge in [0.2, 0.25) is 9.99 Å². The number of para-hydroxylation sites is 1. The van der Waals surface area contributed by atoms with Crippen molar-refractivity contribution in [3.63, 3.8) is 0 Å². The van der Waals surface area contributed by atoms with E-state index >= 15 is 0 Å². The van der Waals surface area contributed by atoms with Gasteiger partial charge in [-0.1, -0.05) is 29.5 Å². The summed E-state index contributed by atoms with van der Waals surface area (Å²) in [5, 5.41) is 5.07. The largest absolute Gasteiger partial charge is 0.281 e. The molecule has 6 nitrogen and oxygen atoms in total. The zero-order valence-corrected chi connectivity index (χ0v) is 13.4. The summed E-state index contributed by atoms with van der Waals surface area (Å²) in [7, 11) is -3.74. The number of benzene rings is 1. The highest BCUT2D eigenvalue weighted by atomic mass is 32.2. The molecule has 110 valence electrons. The maximum absolute atomic E-state index is 12.7. The number of hydrogen-bond acceptors (Lipinski definition) is 5. The van der Waals surface area contributed by atoms with Crippen molar-refractivity contribution in [3.8, 4) is 0 Å². The Morgan fingerprint density at radius 1 is 1.19 bits per heavy atom. The normalized spacial score (nSPS) is 12.0. The number of anilines is 1. The van der Waals surface area contributed by atoms with E-state index in [1.54, 1.807) is 19.1 Å². The van der Waals surface area contributed by atoms with E-state index in [9.17, 15) is 8.42 Å². The van der Waals surface area contributed by atoms with Crippen LogP contribution in [0.25, 0.3) is 4.96 Å². The number of rotatable bonds is 3. The molecule has 0 radical (unpaired) electrons. The first-order valence-corrected chi connectivity index (χ1v) is 8.59. The predicted octanol–water partition coefficient (Wildman–Crippen LogP) is 2.52. The molecule has 0 bridgehead atoms. The van der Waals surface area contributed by atoms with Gasteiger partial charge in [0.15, 0.2) is 0 Å². The lowest BCUT2D eigenvalue weighted by Gasteiger charge is -2.09. The van der Waals surface area contributed by atoms with E-state index in [1.807, 2.05) is 26.0 Å². The molecule has 21 heavy (non-hydrogen) atoms. The minimum atomic E-state index is -3.74. The zero-order chi connectivity index (χ0) is 15.2. The van der Waals surface area contributed by atoms with Crippen LogP contribution in [0.2, 0.25) is 0 Å². The standard InChI is InChI=1S/C13H14N4O2S2/c1-8-6-4-5-7-11(8)16-21(18,19)12-9(2)14-13-17(12)15-10(3)20-13/h4-7,16H,1-3H3. The third-order valence-corrected chi connectivity index (χ3v) is 5.36. The lowest BCUT2D eigenvalue weighted by molar-refractivity contribution is 0.592. The first kappa shape index (κ1) is 14.0. The van der Waals surface area contributed by atoms with E-state index in [-0.39, 0.29) is 5.03 Å². The number of nitrogens with one attached hydrogen (secondary N) is 1. The van der Waals surface area contributed by atoms with Crippen molar-refractivity contribution in [2.24, 2.45) is 0 Å². The van der Waals surface area contributed by atoms with Crippen LogP contribution < -0.4 is 4.72 Å². The van der Waals surface area contributed by atoms with Gasteiger partial charge in [0.25, 0.3) is 10.0 Å². The predicted molar refractivity (Wildman–Crippen MR) is 82.3 cm³/mol.